The van der Waals surface area contributed by atoms with E-state index < -0.39 is 11.9 Å². The zero-order chi connectivity index (χ0) is 23.8. The largest absolute Gasteiger partial charge is 0.493 e. The van der Waals surface area contributed by atoms with Crippen molar-refractivity contribution >= 4 is 23.5 Å². The minimum Gasteiger partial charge on any atom is -0.493 e. The molecule has 0 saturated heterocycles. The van der Waals surface area contributed by atoms with Crippen molar-refractivity contribution in [3.63, 3.8) is 0 Å². The number of ether oxygens (including phenoxy) is 4. The predicted octanol–water partition coefficient (Wildman–Crippen LogP) is 4.70. The summed E-state index contributed by atoms with van der Waals surface area (Å²) in [6.07, 6.45) is 0. The van der Waals surface area contributed by atoms with Gasteiger partial charge in [0, 0.05) is 11.8 Å². The van der Waals surface area contributed by atoms with Gasteiger partial charge in [0.25, 0.3) is 5.91 Å². The number of amides is 1. The van der Waals surface area contributed by atoms with Gasteiger partial charge in [-0.1, -0.05) is 18.2 Å². The average molecular weight is 449 g/mol. The molecule has 0 aliphatic heterocycles. The lowest BCUT2D eigenvalue weighted by molar-refractivity contribution is 0.0555. The van der Waals surface area contributed by atoms with Crippen LogP contribution in [0.25, 0.3) is 0 Å². The van der Waals surface area contributed by atoms with Crippen LogP contribution >= 0.6 is 0 Å². The summed E-state index contributed by atoms with van der Waals surface area (Å²) in [5.41, 5.74) is 0.986. The van der Waals surface area contributed by atoms with Gasteiger partial charge in [-0.2, -0.15) is 0 Å². The number of para-hydroxylation sites is 1. The highest BCUT2D eigenvalue weighted by molar-refractivity contribution is 6.06. The van der Waals surface area contributed by atoms with Crippen molar-refractivity contribution in [2.24, 2.45) is 0 Å². The minimum atomic E-state index is -0.699. The summed E-state index contributed by atoms with van der Waals surface area (Å²) in [7, 11) is 2.44. The zero-order valence-corrected chi connectivity index (χ0v) is 18.4. The number of hydrogen-bond donors (Lipinski definition) is 1. The van der Waals surface area contributed by atoms with E-state index in [0.29, 0.717) is 35.1 Å². The zero-order valence-electron chi connectivity index (χ0n) is 18.4. The lowest BCUT2D eigenvalue weighted by Gasteiger charge is -2.12. The third-order valence-electron chi connectivity index (χ3n) is 4.56. The number of carbonyl (C=O) groups is 3. The first kappa shape index (κ1) is 23.3. The molecule has 0 fully saturated rings. The summed E-state index contributed by atoms with van der Waals surface area (Å²) >= 11 is 0. The molecule has 0 radical (unpaired) electrons. The van der Waals surface area contributed by atoms with Gasteiger partial charge >= 0.3 is 11.9 Å². The lowest BCUT2D eigenvalue weighted by Crippen LogP contribution is -2.13. The molecule has 0 aromatic heterocycles. The van der Waals surface area contributed by atoms with Crippen LogP contribution in [0, 0.1) is 0 Å². The van der Waals surface area contributed by atoms with Crippen LogP contribution in [0.1, 0.15) is 38.0 Å². The first-order chi connectivity index (χ1) is 16.0. The molecule has 0 spiro atoms. The van der Waals surface area contributed by atoms with Crippen LogP contribution in [-0.2, 0) is 9.47 Å². The van der Waals surface area contributed by atoms with Gasteiger partial charge in [-0.05, 0) is 49.4 Å². The fourth-order valence-corrected chi connectivity index (χ4v) is 3.06. The Bertz CT molecular complexity index is 1170. The maximum Gasteiger partial charge on any atom is 0.338 e. The van der Waals surface area contributed by atoms with Gasteiger partial charge in [-0.3, -0.25) is 4.79 Å². The first-order valence-corrected chi connectivity index (χ1v) is 10.1. The Labute approximate surface area is 191 Å². The van der Waals surface area contributed by atoms with E-state index >= 15 is 0 Å². The van der Waals surface area contributed by atoms with E-state index in [4.69, 9.17) is 18.9 Å². The molecule has 0 saturated carbocycles. The van der Waals surface area contributed by atoms with Crippen LogP contribution in [0.2, 0.25) is 0 Å². The number of nitrogens with one attached hydrogen (secondary N) is 1. The molecule has 0 atom stereocenters. The van der Waals surface area contributed by atoms with Crippen LogP contribution in [0.4, 0.5) is 5.69 Å². The molecule has 3 aromatic rings. The molecule has 1 amide bonds. The molecule has 170 valence electrons. The van der Waals surface area contributed by atoms with Gasteiger partial charge in [-0.15, -0.1) is 0 Å². The number of esters is 2. The molecule has 0 unspecified atom stereocenters. The Morgan fingerprint density at radius 2 is 1.45 bits per heavy atom. The highest BCUT2D eigenvalue weighted by atomic mass is 16.5. The number of benzene rings is 3. The lowest BCUT2D eigenvalue weighted by atomic mass is 10.1. The molecule has 8 heteroatoms. The Balaban J connectivity index is 1.81. The maximum atomic E-state index is 12.7. The quantitative estimate of drug-likeness (QED) is 0.498. The van der Waals surface area contributed by atoms with Gasteiger partial charge in [0.15, 0.2) is 0 Å². The maximum absolute atomic E-state index is 12.7. The van der Waals surface area contributed by atoms with Crippen LogP contribution in [-0.4, -0.2) is 38.7 Å². The van der Waals surface area contributed by atoms with Crippen LogP contribution in [0.3, 0.4) is 0 Å². The third kappa shape index (κ3) is 5.68. The van der Waals surface area contributed by atoms with E-state index in [9.17, 15) is 14.4 Å². The van der Waals surface area contributed by atoms with Crippen LogP contribution < -0.4 is 14.8 Å². The van der Waals surface area contributed by atoms with E-state index in [1.54, 1.807) is 48.5 Å². The second kappa shape index (κ2) is 10.8. The number of anilines is 1. The van der Waals surface area contributed by atoms with E-state index in [2.05, 4.69) is 5.32 Å². The Morgan fingerprint density at radius 1 is 0.758 bits per heavy atom. The number of rotatable bonds is 8. The Kier molecular flexibility index (Phi) is 7.64. The normalized spacial score (nSPS) is 10.2. The van der Waals surface area contributed by atoms with Crippen molar-refractivity contribution in [1.82, 2.24) is 0 Å². The first-order valence-electron chi connectivity index (χ1n) is 10.1. The molecule has 0 bridgehead atoms. The minimum absolute atomic E-state index is 0.0128. The molecule has 8 nitrogen and oxygen atoms in total. The summed E-state index contributed by atoms with van der Waals surface area (Å²) in [4.78, 5) is 36.8. The van der Waals surface area contributed by atoms with E-state index in [-0.39, 0.29) is 17.0 Å². The van der Waals surface area contributed by atoms with Crippen molar-refractivity contribution < 1.29 is 33.3 Å². The summed E-state index contributed by atoms with van der Waals surface area (Å²) in [5, 5.41) is 2.82. The summed E-state index contributed by atoms with van der Waals surface area (Å²) < 4.78 is 20.8. The third-order valence-corrected chi connectivity index (χ3v) is 4.56. The molecular formula is C25H23NO7. The SMILES string of the molecule is CCOc1ccccc1C(=O)Nc1cccc(Oc2ccc(C(=O)OC)c(C(=O)OC)c2)c1. The Morgan fingerprint density at radius 3 is 2.18 bits per heavy atom. The smallest absolute Gasteiger partial charge is 0.338 e. The second-order valence-corrected chi connectivity index (χ2v) is 6.70. The number of methoxy groups -OCH3 is 2. The monoisotopic (exact) mass is 449 g/mol. The van der Waals surface area contributed by atoms with Crippen molar-refractivity contribution in [3.05, 3.63) is 83.4 Å². The number of hydrogen-bond acceptors (Lipinski definition) is 7. The summed E-state index contributed by atoms with van der Waals surface area (Å²) in [6, 6.07) is 18.1. The molecule has 0 heterocycles. The second-order valence-electron chi connectivity index (χ2n) is 6.70. The molecular weight excluding hydrogens is 426 g/mol. The average Bonchev–Trinajstić information content (AvgIpc) is 2.83. The fraction of sp³-hybridized carbons (Fsp3) is 0.160. The standard InChI is InChI=1S/C25H23NO7/c1-4-32-22-11-6-5-10-20(22)23(27)26-16-8-7-9-17(14-16)33-18-12-13-19(24(28)30-2)21(15-18)25(29)31-3/h5-15H,4H2,1-3H3,(H,26,27). The fourth-order valence-electron chi connectivity index (χ4n) is 3.06. The summed E-state index contributed by atoms with van der Waals surface area (Å²) in [5.74, 6) is -0.493. The van der Waals surface area contributed by atoms with E-state index in [1.807, 2.05) is 6.92 Å². The van der Waals surface area contributed by atoms with E-state index in [1.165, 1.54) is 32.4 Å². The van der Waals surface area contributed by atoms with Crippen molar-refractivity contribution in [3.8, 4) is 17.2 Å². The van der Waals surface area contributed by atoms with E-state index in [0.717, 1.165) is 0 Å². The molecule has 0 aliphatic carbocycles. The van der Waals surface area contributed by atoms with Gasteiger partial charge in [0.1, 0.15) is 17.2 Å². The molecule has 33 heavy (non-hydrogen) atoms. The van der Waals surface area contributed by atoms with Crippen molar-refractivity contribution in [1.29, 1.82) is 0 Å². The molecule has 3 aromatic carbocycles. The predicted molar refractivity (Wildman–Crippen MR) is 121 cm³/mol. The highest BCUT2D eigenvalue weighted by Gasteiger charge is 2.20. The highest BCUT2D eigenvalue weighted by Crippen LogP contribution is 2.28. The van der Waals surface area contributed by atoms with Gasteiger partial charge in [-0.25, -0.2) is 9.59 Å². The molecule has 1 N–H and O–H groups in total. The molecule has 0 aliphatic rings. The summed E-state index contributed by atoms with van der Waals surface area (Å²) in [6.45, 7) is 2.29. The van der Waals surface area contributed by atoms with Gasteiger partial charge < -0.3 is 24.3 Å². The topological polar surface area (TPSA) is 100 Å². The van der Waals surface area contributed by atoms with Gasteiger partial charge in [0.2, 0.25) is 0 Å². The molecule has 3 rings (SSSR count). The van der Waals surface area contributed by atoms with Crippen molar-refractivity contribution in [2.75, 3.05) is 26.1 Å². The van der Waals surface area contributed by atoms with Crippen molar-refractivity contribution in [2.45, 2.75) is 6.92 Å². The Hall–Kier alpha value is -4.33. The van der Waals surface area contributed by atoms with Gasteiger partial charge in [0.05, 0.1) is 37.5 Å². The number of carbonyl (C=O) groups excluding carboxylic acids is 3. The van der Waals surface area contributed by atoms with Crippen LogP contribution in [0.5, 0.6) is 17.2 Å². The van der Waals surface area contributed by atoms with Crippen LogP contribution in [0.15, 0.2) is 66.7 Å².